The Morgan fingerprint density at radius 3 is 2.52 bits per heavy atom. The summed E-state index contributed by atoms with van der Waals surface area (Å²) in [5, 5.41) is 0. The summed E-state index contributed by atoms with van der Waals surface area (Å²) in [5.41, 5.74) is 6.21. The molecule has 0 bridgehead atoms. The fourth-order valence-corrected chi connectivity index (χ4v) is 4.41. The van der Waals surface area contributed by atoms with E-state index in [1.54, 1.807) is 13.8 Å². The number of hydrogen-bond donors (Lipinski definition) is 2. The third-order valence-corrected chi connectivity index (χ3v) is 5.60. The normalized spacial score (nSPS) is 16.7. The zero-order chi connectivity index (χ0) is 15.5. The van der Waals surface area contributed by atoms with E-state index in [-0.39, 0.29) is 11.4 Å². The Balaban J connectivity index is 1.95. The predicted octanol–water partition coefficient (Wildman–Crippen LogP) is 1.12. The molecule has 0 saturated carbocycles. The Bertz CT molecular complexity index is 575. The van der Waals surface area contributed by atoms with Gasteiger partial charge in [-0.3, -0.25) is 0 Å². The molecule has 1 aromatic heterocycles. The van der Waals surface area contributed by atoms with Crippen molar-refractivity contribution in [2.24, 2.45) is 5.73 Å². The van der Waals surface area contributed by atoms with Crippen LogP contribution in [0.5, 0.6) is 0 Å². The second kappa shape index (κ2) is 6.91. The van der Waals surface area contributed by atoms with Crippen LogP contribution in [0.15, 0.2) is 9.31 Å². The minimum Gasteiger partial charge on any atom is -0.465 e. The van der Waals surface area contributed by atoms with Gasteiger partial charge < -0.3 is 15.1 Å². The van der Waals surface area contributed by atoms with Gasteiger partial charge in [-0.15, -0.1) is 0 Å². The zero-order valence-corrected chi connectivity index (χ0v) is 13.6. The zero-order valence-electron chi connectivity index (χ0n) is 12.8. The van der Waals surface area contributed by atoms with Crippen LogP contribution in [0.4, 0.5) is 0 Å². The number of nitrogens with two attached hydrogens (primary N) is 1. The van der Waals surface area contributed by atoms with E-state index in [0.29, 0.717) is 23.6 Å². The van der Waals surface area contributed by atoms with Gasteiger partial charge in [-0.2, -0.15) is 0 Å². The van der Waals surface area contributed by atoms with E-state index in [4.69, 9.17) is 10.2 Å². The lowest BCUT2D eigenvalue weighted by Crippen LogP contribution is -2.29. The van der Waals surface area contributed by atoms with Gasteiger partial charge in [0.25, 0.3) is 0 Å². The van der Waals surface area contributed by atoms with Crippen molar-refractivity contribution in [2.75, 3.05) is 26.2 Å². The quantitative estimate of drug-likeness (QED) is 0.736. The molecule has 0 spiro atoms. The molecule has 0 amide bonds. The number of rotatable bonds is 7. The van der Waals surface area contributed by atoms with Crippen molar-refractivity contribution in [3.63, 3.8) is 0 Å². The third kappa shape index (κ3) is 3.85. The van der Waals surface area contributed by atoms with Gasteiger partial charge in [-0.25, -0.2) is 13.1 Å². The molecule has 6 nitrogen and oxygen atoms in total. The minimum atomic E-state index is -3.55. The maximum absolute atomic E-state index is 12.4. The fourth-order valence-electron chi connectivity index (χ4n) is 2.89. The summed E-state index contributed by atoms with van der Waals surface area (Å²) in [5.74, 6) is 0.979. The Morgan fingerprint density at radius 2 is 1.90 bits per heavy atom. The van der Waals surface area contributed by atoms with E-state index in [1.165, 1.54) is 12.8 Å². The van der Waals surface area contributed by atoms with Gasteiger partial charge in [0.1, 0.15) is 16.4 Å². The molecule has 1 aromatic rings. The molecule has 1 aliphatic heterocycles. The molecule has 1 aliphatic rings. The van der Waals surface area contributed by atoms with Crippen LogP contribution in [-0.2, 0) is 16.6 Å². The molecule has 0 atom stereocenters. The van der Waals surface area contributed by atoms with Gasteiger partial charge in [0.2, 0.25) is 10.0 Å². The number of nitrogens with one attached hydrogen (secondary N) is 1. The van der Waals surface area contributed by atoms with Gasteiger partial charge in [0, 0.05) is 18.7 Å². The second-order valence-corrected chi connectivity index (χ2v) is 7.23. The Kier molecular flexibility index (Phi) is 5.43. The van der Waals surface area contributed by atoms with Crippen molar-refractivity contribution < 1.29 is 12.8 Å². The van der Waals surface area contributed by atoms with Crippen LogP contribution in [0.3, 0.4) is 0 Å². The van der Waals surface area contributed by atoms with Crippen molar-refractivity contribution in [1.82, 2.24) is 9.62 Å². The highest BCUT2D eigenvalue weighted by atomic mass is 32.2. The minimum absolute atomic E-state index is 0.160. The summed E-state index contributed by atoms with van der Waals surface area (Å²) in [6, 6.07) is 0. The lowest BCUT2D eigenvalue weighted by molar-refractivity contribution is 0.334. The highest BCUT2D eigenvalue weighted by Gasteiger charge is 2.25. The van der Waals surface area contributed by atoms with Gasteiger partial charge in [-0.05, 0) is 52.7 Å². The topological polar surface area (TPSA) is 88.6 Å². The average molecular weight is 315 g/mol. The molecule has 1 fully saturated rings. The van der Waals surface area contributed by atoms with Crippen LogP contribution in [0, 0.1) is 13.8 Å². The van der Waals surface area contributed by atoms with Crippen LogP contribution < -0.4 is 10.5 Å². The third-order valence-electron chi connectivity index (χ3n) is 3.94. The SMILES string of the molecule is Cc1oc(C)c(S(=O)(=O)NCCCN2CCCC2)c1CN. The van der Waals surface area contributed by atoms with E-state index < -0.39 is 10.0 Å². The van der Waals surface area contributed by atoms with Crippen molar-refractivity contribution >= 4 is 10.0 Å². The molecular formula is C14H25N3O3S. The number of aryl methyl sites for hydroxylation is 2. The van der Waals surface area contributed by atoms with E-state index in [1.807, 2.05) is 0 Å². The van der Waals surface area contributed by atoms with Crippen molar-refractivity contribution in [1.29, 1.82) is 0 Å². The summed E-state index contributed by atoms with van der Waals surface area (Å²) in [6.45, 7) is 7.19. The summed E-state index contributed by atoms with van der Waals surface area (Å²) >= 11 is 0. The Hall–Kier alpha value is -0.890. The van der Waals surface area contributed by atoms with Crippen LogP contribution >= 0.6 is 0 Å². The first-order valence-corrected chi connectivity index (χ1v) is 8.95. The maximum atomic E-state index is 12.4. The smallest absolute Gasteiger partial charge is 0.244 e. The fraction of sp³-hybridized carbons (Fsp3) is 0.714. The molecule has 7 heteroatoms. The van der Waals surface area contributed by atoms with Crippen LogP contribution in [0.1, 0.15) is 36.3 Å². The predicted molar refractivity (Wildman–Crippen MR) is 81.6 cm³/mol. The molecule has 0 unspecified atom stereocenters. The summed E-state index contributed by atoms with van der Waals surface area (Å²) in [7, 11) is -3.55. The lowest BCUT2D eigenvalue weighted by Gasteiger charge is -2.14. The monoisotopic (exact) mass is 315 g/mol. The molecule has 3 N–H and O–H groups in total. The van der Waals surface area contributed by atoms with Crippen LogP contribution in [-0.4, -0.2) is 39.5 Å². The van der Waals surface area contributed by atoms with E-state index in [9.17, 15) is 8.42 Å². The highest BCUT2D eigenvalue weighted by Crippen LogP contribution is 2.25. The van der Waals surface area contributed by atoms with E-state index in [2.05, 4.69) is 9.62 Å². The van der Waals surface area contributed by atoms with Gasteiger partial charge >= 0.3 is 0 Å². The van der Waals surface area contributed by atoms with E-state index in [0.717, 1.165) is 26.1 Å². The number of hydrogen-bond acceptors (Lipinski definition) is 5. The Labute approximate surface area is 126 Å². The van der Waals surface area contributed by atoms with Crippen LogP contribution in [0.25, 0.3) is 0 Å². The second-order valence-electron chi connectivity index (χ2n) is 5.53. The number of nitrogens with zero attached hydrogens (tertiary/aromatic N) is 1. The molecule has 1 saturated heterocycles. The number of furan rings is 1. The van der Waals surface area contributed by atoms with Gasteiger partial charge in [0.15, 0.2) is 0 Å². The summed E-state index contributed by atoms with van der Waals surface area (Å²) in [4.78, 5) is 2.58. The average Bonchev–Trinajstić information content (AvgIpc) is 3.02. The highest BCUT2D eigenvalue weighted by molar-refractivity contribution is 7.89. The van der Waals surface area contributed by atoms with E-state index >= 15 is 0 Å². The summed E-state index contributed by atoms with van der Waals surface area (Å²) < 4.78 is 32.9. The molecule has 0 aliphatic carbocycles. The number of likely N-dealkylation sites (tertiary alicyclic amines) is 1. The number of sulfonamides is 1. The molecular weight excluding hydrogens is 290 g/mol. The Morgan fingerprint density at radius 1 is 1.24 bits per heavy atom. The van der Waals surface area contributed by atoms with Gasteiger partial charge in [0.05, 0.1) is 0 Å². The molecule has 0 radical (unpaired) electrons. The molecule has 120 valence electrons. The lowest BCUT2D eigenvalue weighted by atomic mass is 10.2. The summed E-state index contributed by atoms with van der Waals surface area (Å²) in [6.07, 6.45) is 3.31. The largest absolute Gasteiger partial charge is 0.465 e. The first kappa shape index (κ1) is 16.5. The molecule has 2 rings (SSSR count). The van der Waals surface area contributed by atoms with Crippen molar-refractivity contribution in [2.45, 2.75) is 44.6 Å². The van der Waals surface area contributed by atoms with Crippen molar-refractivity contribution in [3.8, 4) is 0 Å². The molecule has 2 heterocycles. The molecule has 0 aromatic carbocycles. The van der Waals surface area contributed by atoms with Crippen molar-refractivity contribution in [3.05, 3.63) is 17.1 Å². The maximum Gasteiger partial charge on any atom is 0.244 e. The molecule has 21 heavy (non-hydrogen) atoms. The first-order valence-electron chi connectivity index (χ1n) is 7.46. The van der Waals surface area contributed by atoms with Crippen LogP contribution in [0.2, 0.25) is 0 Å². The first-order chi connectivity index (χ1) is 9.95. The standard InChI is InChI=1S/C14H25N3O3S/c1-11-13(10-15)14(12(2)20-11)21(18,19)16-6-5-9-17-7-3-4-8-17/h16H,3-10,15H2,1-2H3. The van der Waals surface area contributed by atoms with Gasteiger partial charge in [-0.1, -0.05) is 0 Å².